The maximum Gasteiger partial charge on any atom is 0.332 e. The van der Waals surface area contributed by atoms with Crippen molar-refractivity contribution in [3.63, 3.8) is 0 Å². The summed E-state index contributed by atoms with van der Waals surface area (Å²) in [5.74, 6) is -0.777. The highest BCUT2D eigenvalue weighted by atomic mass is 16.6. The molecule has 0 atom stereocenters. The lowest BCUT2D eigenvalue weighted by Crippen LogP contribution is -2.54. The van der Waals surface area contributed by atoms with E-state index in [1.165, 1.54) is 17.5 Å². The number of benzene rings is 5. The van der Waals surface area contributed by atoms with E-state index < -0.39 is 16.4 Å². The third-order valence-corrected chi connectivity index (χ3v) is 7.46. The fourth-order valence-electron chi connectivity index (χ4n) is 5.20. The summed E-state index contributed by atoms with van der Waals surface area (Å²) in [5.41, 5.74) is 0.330. The second-order valence-corrected chi connectivity index (χ2v) is 9.59. The van der Waals surface area contributed by atoms with Crippen LogP contribution in [0, 0.1) is 10.1 Å². The standard InChI is InChI=1S/C31H28N2O5/c1-3-31(4-2,30(35)38-19-20-8-15-25(16-9-20)33(36)37)32-27(34)18-24-13-12-23-11-10-21-6-5-7-22-14-17-26(24)29(23)28(21)22/h5-17H,3-4,18-19H2,1-2H3,(H,32,34). The van der Waals surface area contributed by atoms with Gasteiger partial charge in [0.05, 0.1) is 11.3 Å². The molecule has 38 heavy (non-hydrogen) atoms. The number of hydrogen-bond acceptors (Lipinski definition) is 5. The SMILES string of the molecule is CCC(CC)(NC(=O)Cc1ccc2ccc3cccc4ccc1c2c34)C(=O)OCc1ccc([N+](=O)[O-])cc1. The average molecular weight is 509 g/mol. The molecule has 0 fully saturated rings. The Labute approximate surface area is 219 Å². The van der Waals surface area contributed by atoms with E-state index in [-0.39, 0.29) is 24.6 Å². The van der Waals surface area contributed by atoms with E-state index in [9.17, 15) is 19.7 Å². The monoisotopic (exact) mass is 508 g/mol. The first-order valence-corrected chi connectivity index (χ1v) is 12.7. The van der Waals surface area contributed by atoms with Crippen molar-refractivity contribution in [3.8, 4) is 0 Å². The van der Waals surface area contributed by atoms with Crippen molar-refractivity contribution in [2.75, 3.05) is 0 Å². The highest BCUT2D eigenvalue weighted by molar-refractivity contribution is 6.23. The molecule has 192 valence electrons. The molecule has 0 spiro atoms. The van der Waals surface area contributed by atoms with E-state index >= 15 is 0 Å². The maximum atomic E-state index is 13.3. The second-order valence-electron chi connectivity index (χ2n) is 9.59. The molecule has 0 aliphatic carbocycles. The molecule has 0 saturated heterocycles. The minimum Gasteiger partial charge on any atom is -0.459 e. The molecule has 0 heterocycles. The van der Waals surface area contributed by atoms with Gasteiger partial charge in [-0.3, -0.25) is 14.9 Å². The minimum atomic E-state index is -1.17. The van der Waals surface area contributed by atoms with Gasteiger partial charge in [0.2, 0.25) is 5.91 Å². The molecule has 0 aliphatic rings. The first-order valence-electron chi connectivity index (χ1n) is 12.7. The van der Waals surface area contributed by atoms with Crippen molar-refractivity contribution < 1.29 is 19.2 Å². The zero-order valence-corrected chi connectivity index (χ0v) is 21.3. The van der Waals surface area contributed by atoms with Crippen LogP contribution in [0.2, 0.25) is 0 Å². The topological polar surface area (TPSA) is 98.5 Å². The molecule has 0 saturated carbocycles. The number of nitro groups is 1. The highest BCUT2D eigenvalue weighted by Crippen LogP contribution is 2.36. The van der Waals surface area contributed by atoms with Crippen LogP contribution in [0.4, 0.5) is 5.69 Å². The molecular formula is C31H28N2O5. The Hall–Kier alpha value is -4.52. The van der Waals surface area contributed by atoms with Crippen LogP contribution in [0.15, 0.2) is 78.9 Å². The van der Waals surface area contributed by atoms with E-state index in [4.69, 9.17) is 4.74 Å². The van der Waals surface area contributed by atoms with Crippen LogP contribution < -0.4 is 5.32 Å². The van der Waals surface area contributed by atoms with E-state index in [0.717, 1.165) is 32.5 Å². The normalized spacial score (nSPS) is 11.7. The molecule has 1 amide bonds. The lowest BCUT2D eigenvalue weighted by atomic mass is 9.90. The van der Waals surface area contributed by atoms with Gasteiger partial charge in [-0.15, -0.1) is 0 Å². The van der Waals surface area contributed by atoms with Gasteiger partial charge in [0.25, 0.3) is 5.69 Å². The fourth-order valence-corrected chi connectivity index (χ4v) is 5.20. The number of non-ortho nitro benzene ring substituents is 1. The Morgan fingerprint density at radius 3 is 2.08 bits per heavy atom. The Morgan fingerprint density at radius 2 is 1.45 bits per heavy atom. The second kappa shape index (κ2) is 10.1. The quantitative estimate of drug-likeness (QED) is 0.107. The van der Waals surface area contributed by atoms with E-state index in [1.54, 1.807) is 12.1 Å². The highest BCUT2D eigenvalue weighted by Gasteiger charge is 2.38. The summed E-state index contributed by atoms with van der Waals surface area (Å²) in [7, 11) is 0. The van der Waals surface area contributed by atoms with Gasteiger partial charge in [-0.25, -0.2) is 4.79 Å². The molecule has 5 aromatic rings. The van der Waals surface area contributed by atoms with Crippen molar-refractivity contribution in [1.29, 1.82) is 0 Å². The van der Waals surface area contributed by atoms with Gasteiger partial charge in [0.15, 0.2) is 0 Å². The molecule has 5 rings (SSSR count). The molecule has 5 aromatic carbocycles. The largest absolute Gasteiger partial charge is 0.459 e. The number of nitrogens with one attached hydrogen (secondary N) is 1. The first-order chi connectivity index (χ1) is 18.3. The molecule has 7 nitrogen and oxygen atoms in total. The average Bonchev–Trinajstić information content (AvgIpc) is 2.94. The third-order valence-electron chi connectivity index (χ3n) is 7.46. The predicted octanol–water partition coefficient (Wildman–Crippen LogP) is 6.45. The van der Waals surface area contributed by atoms with E-state index in [1.807, 2.05) is 32.0 Å². The summed E-state index contributed by atoms with van der Waals surface area (Å²) in [6, 6.07) is 24.5. The van der Waals surface area contributed by atoms with Crippen molar-refractivity contribution in [2.45, 2.75) is 45.3 Å². The molecule has 7 heteroatoms. The number of carbonyl (C=O) groups excluding carboxylic acids is 2. The maximum absolute atomic E-state index is 13.3. The summed E-state index contributed by atoms with van der Waals surface area (Å²) >= 11 is 0. The number of nitrogens with zero attached hydrogens (tertiary/aromatic N) is 1. The van der Waals surface area contributed by atoms with Crippen molar-refractivity contribution in [3.05, 3.63) is 100 Å². The number of amides is 1. The van der Waals surface area contributed by atoms with Crippen LogP contribution in [-0.2, 0) is 27.4 Å². The summed E-state index contributed by atoms with van der Waals surface area (Å²) < 4.78 is 5.55. The molecule has 1 N–H and O–H groups in total. The van der Waals surface area contributed by atoms with Gasteiger partial charge in [-0.1, -0.05) is 68.4 Å². The van der Waals surface area contributed by atoms with E-state index in [2.05, 4.69) is 41.7 Å². The van der Waals surface area contributed by atoms with Gasteiger partial charge in [0, 0.05) is 12.1 Å². The van der Waals surface area contributed by atoms with Crippen LogP contribution in [0.3, 0.4) is 0 Å². The number of hydrogen-bond donors (Lipinski definition) is 1. The van der Waals surface area contributed by atoms with E-state index in [0.29, 0.717) is 18.4 Å². The lowest BCUT2D eigenvalue weighted by Gasteiger charge is -2.30. The zero-order chi connectivity index (χ0) is 26.9. The van der Waals surface area contributed by atoms with Crippen LogP contribution in [0.5, 0.6) is 0 Å². The third kappa shape index (κ3) is 4.52. The van der Waals surface area contributed by atoms with Gasteiger partial charge < -0.3 is 10.1 Å². The fraction of sp³-hybridized carbons (Fsp3) is 0.226. The Balaban J connectivity index is 1.35. The Morgan fingerprint density at radius 1 is 0.842 bits per heavy atom. The molecule has 0 unspecified atom stereocenters. The zero-order valence-electron chi connectivity index (χ0n) is 21.3. The Bertz CT molecular complexity index is 1640. The molecule has 0 aliphatic heterocycles. The number of rotatable bonds is 9. The smallest absolute Gasteiger partial charge is 0.332 e. The molecule has 0 radical (unpaired) electrons. The molecule has 0 aromatic heterocycles. The van der Waals surface area contributed by atoms with Gasteiger partial charge in [-0.2, -0.15) is 0 Å². The summed E-state index contributed by atoms with van der Waals surface area (Å²) in [4.78, 5) is 36.8. The van der Waals surface area contributed by atoms with Gasteiger partial charge >= 0.3 is 5.97 Å². The minimum absolute atomic E-state index is 0.0319. The van der Waals surface area contributed by atoms with Crippen LogP contribution >= 0.6 is 0 Å². The summed E-state index contributed by atoms with van der Waals surface area (Å²) in [6.45, 7) is 3.64. The predicted molar refractivity (Wildman–Crippen MR) is 148 cm³/mol. The van der Waals surface area contributed by atoms with Gasteiger partial charge in [0.1, 0.15) is 12.1 Å². The lowest BCUT2D eigenvalue weighted by molar-refractivity contribution is -0.384. The molecular weight excluding hydrogens is 480 g/mol. The van der Waals surface area contributed by atoms with Crippen LogP contribution in [-0.4, -0.2) is 22.3 Å². The number of ether oxygens (including phenoxy) is 1. The number of nitro benzene ring substituents is 1. The van der Waals surface area contributed by atoms with Crippen molar-refractivity contribution >= 4 is 49.9 Å². The molecule has 0 bridgehead atoms. The van der Waals surface area contributed by atoms with Crippen LogP contribution in [0.1, 0.15) is 37.8 Å². The van der Waals surface area contributed by atoms with Crippen molar-refractivity contribution in [1.82, 2.24) is 5.32 Å². The van der Waals surface area contributed by atoms with Crippen LogP contribution in [0.25, 0.3) is 32.3 Å². The Kier molecular flexibility index (Phi) is 6.68. The summed E-state index contributed by atoms with van der Waals surface area (Å²) in [5, 5.41) is 20.6. The number of carbonyl (C=O) groups is 2. The number of esters is 1. The summed E-state index contributed by atoms with van der Waals surface area (Å²) in [6.07, 6.45) is 0.866. The first kappa shape index (κ1) is 25.1. The van der Waals surface area contributed by atoms with Crippen molar-refractivity contribution in [2.24, 2.45) is 0 Å². The van der Waals surface area contributed by atoms with Gasteiger partial charge in [-0.05, 0) is 68.4 Å².